The zero-order valence-electron chi connectivity index (χ0n) is 11.4. The van der Waals surface area contributed by atoms with Crippen molar-refractivity contribution in [3.05, 3.63) is 30.6 Å². The molecule has 0 bridgehead atoms. The van der Waals surface area contributed by atoms with Crippen LogP contribution in [0.1, 0.15) is 42.7 Å². The third-order valence-corrected chi connectivity index (χ3v) is 3.38. The minimum atomic E-state index is -0.114. The number of carbonyl (C=O) groups is 1. The van der Waals surface area contributed by atoms with E-state index in [1.54, 1.807) is 12.1 Å². The SMILES string of the molecule is C=CCC(C)NC(=O)c1ccn(C2CCCNC2)n1. The summed E-state index contributed by atoms with van der Waals surface area (Å²) in [5, 5.41) is 10.6. The maximum absolute atomic E-state index is 12.0. The predicted octanol–water partition coefficient (Wildman–Crippen LogP) is 1.50. The molecule has 1 saturated heterocycles. The molecule has 1 aliphatic heterocycles. The average molecular weight is 262 g/mol. The lowest BCUT2D eigenvalue weighted by molar-refractivity contribution is 0.0934. The van der Waals surface area contributed by atoms with Gasteiger partial charge in [-0.05, 0) is 38.8 Å². The van der Waals surface area contributed by atoms with Crippen molar-refractivity contribution in [2.24, 2.45) is 0 Å². The molecule has 2 atom stereocenters. The van der Waals surface area contributed by atoms with Crippen molar-refractivity contribution in [3.63, 3.8) is 0 Å². The van der Waals surface area contributed by atoms with Crippen LogP contribution < -0.4 is 10.6 Å². The van der Waals surface area contributed by atoms with Crippen LogP contribution in [0.15, 0.2) is 24.9 Å². The highest BCUT2D eigenvalue weighted by Gasteiger charge is 2.18. The topological polar surface area (TPSA) is 59.0 Å². The second-order valence-corrected chi connectivity index (χ2v) is 5.08. The second-order valence-electron chi connectivity index (χ2n) is 5.08. The van der Waals surface area contributed by atoms with Gasteiger partial charge >= 0.3 is 0 Å². The van der Waals surface area contributed by atoms with Gasteiger partial charge in [-0.1, -0.05) is 6.08 Å². The molecular weight excluding hydrogens is 240 g/mol. The number of nitrogens with one attached hydrogen (secondary N) is 2. The molecule has 5 nitrogen and oxygen atoms in total. The van der Waals surface area contributed by atoms with E-state index in [1.165, 1.54) is 0 Å². The number of hydrogen-bond donors (Lipinski definition) is 2. The number of aromatic nitrogens is 2. The molecule has 1 aromatic heterocycles. The molecule has 5 heteroatoms. The normalized spacial score (nSPS) is 20.8. The van der Waals surface area contributed by atoms with Crippen molar-refractivity contribution in [1.29, 1.82) is 0 Å². The lowest BCUT2D eigenvalue weighted by atomic mass is 10.1. The minimum absolute atomic E-state index is 0.0893. The number of hydrogen-bond acceptors (Lipinski definition) is 3. The first-order valence-electron chi connectivity index (χ1n) is 6.88. The van der Waals surface area contributed by atoms with Crippen LogP contribution in [0.2, 0.25) is 0 Å². The summed E-state index contributed by atoms with van der Waals surface area (Å²) in [6.45, 7) is 7.63. The highest BCUT2D eigenvalue weighted by Crippen LogP contribution is 2.15. The van der Waals surface area contributed by atoms with Crippen molar-refractivity contribution in [2.45, 2.75) is 38.3 Å². The molecule has 104 valence electrons. The first-order chi connectivity index (χ1) is 9.20. The van der Waals surface area contributed by atoms with Crippen molar-refractivity contribution in [3.8, 4) is 0 Å². The molecule has 1 amide bonds. The summed E-state index contributed by atoms with van der Waals surface area (Å²) in [5.41, 5.74) is 0.487. The molecule has 2 rings (SSSR count). The smallest absolute Gasteiger partial charge is 0.271 e. The number of nitrogens with zero attached hydrogens (tertiary/aromatic N) is 2. The van der Waals surface area contributed by atoms with Crippen molar-refractivity contribution >= 4 is 5.91 Å². The summed E-state index contributed by atoms with van der Waals surface area (Å²) in [4.78, 5) is 12.0. The summed E-state index contributed by atoms with van der Waals surface area (Å²) >= 11 is 0. The van der Waals surface area contributed by atoms with E-state index in [-0.39, 0.29) is 11.9 Å². The van der Waals surface area contributed by atoms with Crippen molar-refractivity contribution in [2.75, 3.05) is 13.1 Å². The molecule has 0 aliphatic carbocycles. The largest absolute Gasteiger partial charge is 0.348 e. The number of carbonyl (C=O) groups excluding carboxylic acids is 1. The highest BCUT2D eigenvalue weighted by atomic mass is 16.2. The summed E-state index contributed by atoms with van der Waals surface area (Å²) in [6.07, 6.45) is 6.73. The number of amides is 1. The standard InChI is InChI=1S/C14H22N4O/c1-3-5-11(2)16-14(19)13-7-9-18(17-13)12-6-4-8-15-10-12/h3,7,9,11-12,15H,1,4-6,8,10H2,2H3,(H,16,19). The maximum atomic E-state index is 12.0. The van der Waals surface area contributed by atoms with E-state index in [1.807, 2.05) is 17.8 Å². The van der Waals surface area contributed by atoms with Crippen LogP contribution in [0.5, 0.6) is 0 Å². The molecule has 0 aromatic carbocycles. The molecule has 19 heavy (non-hydrogen) atoms. The van der Waals surface area contributed by atoms with Gasteiger partial charge in [0.25, 0.3) is 5.91 Å². The average Bonchev–Trinajstić information content (AvgIpc) is 2.89. The third-order valence-electron chi connectivity index (χ3n) is 3.38. The van der Waals surface area contributed by atoms with Gasteiger partial charge in [0.2, 0.25) is 0 Å². The van der Waals surface area contributed by atoms with E-state index < -0.39 is 0 Å². The quantitative estimate of drug-likeness (QED) is 0.791. The Kier molecular flexibility index (Phi) is 4.74. The lowest BCUT2D eigenvalue weighted by Gasteiger charge is -2.22. The van der Waals surface area contributed by atoms with Crippen LogP contribution in [0, 0.1) is 0 Å². The van der Waals surface area contributed by atoms with E-state index >= 15 is 0 Å². The van der Waals surface area contributed by atoms with Crippen LogP contribution in [0.4, 0.5) is 0 Å². The van der Waals surface area contributed by atoms with Gasteiger partial charge in [0.05, 0.1) is 6.04 Å². The van der Waals surface area contributed by atoms with E-state index in [0.717, 1.165) is 32.4 Å². The molecule has 2 unspecified atom stereocenters. The van der Waals surface area contributed by atoms with E-state index in [2.05, 4.69) is 22.3 Å². The number of piperidine rings is 1. The zero-order valence-corrected chi connectivity index (χ0v) is 11.4. The molecule has 2 heterocycles. The molecule has 1 aliphatic rings. The Labute approximate surface area is 114 Å². The van der Waals surface area contributed by atoms with Gasteiger partial charge in [-0.15, -0.1) is 6.58 Å². The summed E-state index contributed by atoms with van der Waals surface area (Å²) in [7, 11) is 0. The Morgan fingerprint density at radius 3 is 3.32 bits per heavy atom. The van der Waals surface area contributed by atoms with Crippen molar-refractivity contribution < 1.29 is 4.79 Å². The van der Waals surface area contributed by atoms with E-state index in [9.17, 15) is 4.79 Å². The first kappa shape index (κ1) is 13.8. The molecule has 1 fully saturated rings. The number of rotatable bonds is 5. The predicted molar refractivity (Wildman–Crippen MR) is 75.1 cm³/mol. The Hall–Kier alpha value is -1.62. The summed E-state index contributed by atoms with van der Waals surface area (Å²) in [6, 6.07) is 2.23. The van der Waals surface area contributed by atoms with E-state index in [0.29, 0.717) is 11.7 Å². The Bertz CT molecular complexity index is 434. The van der Waals surface area contributed by atoms with Gasteiger partial charge in [0, 0.05) is 18.8 Å². The van der Waals surface area contributed by atoms with Gasteiger partial charge in [0.15, 0.2) is 0 Å². The second kappa shape index (κ2) is 6.52. The molecule has 1 aromatic rings. The van der Waals surface area contributed by atoms with Gasteiger partial charge in [0.1, 0.15) is 5.69 Å². The zero-order chi connectivity index (χ0) is 13.7. The molecule has 0 saturated carbocycles. The molecular formula is C14H22N4O. The lowest BCUT2D eigenvalue weighted by Crippen LogP contribution is -2.33. The van der Waals surface area contributed by atoms with E-state index in [4.69, 9.17) is 0 Å². The molecule has 2 N–H and O–H groups in total. The van der Waals surface area contributed by atoms with Crippen LogP contribution in [-0.2, 0) is 0 Å². The van der Waals surface area contributed by atoms with Gasteiger partial charge < -0.3 is 10.6 Å². The fourth-order valence-corrected chi connectivity index (χ4v) is 2.33. The monoisotopic (exact) mass is 262 g/mol. The van der Waals surface area contributed by atoms with Crippen molar-refractivity contribution in [1.82, 2.24) is 20.4 Å². The molecule has 0 spiro atoms. The van der Waals surface area contributed by atoms with Crippen LogP contribution in [0.25, 0.3) is 0 Å². The fourth-order valence-electron chi connectivity index (χ4n) is 2.33. The van der Waals surface area contributed by atoms with Crippen LogP contribution in [0.3, 0.4) is 0 Å². The Morgan fingerprint density at radius 2 is 2.63 bits per heavy atom. The summed E-state index contributed by atoms with van der Waals surface area (Å²) < 4.78 is 1.90. The third kappa shape index (κ3) is 3.67. The van der Waals surface area contributed by atoms with Crippen LogP contribution >= 0.6 is 0 Å². The van der Waals surface area contributed by atoms with Gasteiger partial charge in [-0.25, -0.2) is 0 Å². The Morgan fingerprint density at radius 1 is 1.79 bits per heavy atom. The van der Waals surface area contributed by atoms with Gasteiger partial charge in [-0.2, -0.15) is 5.10 Å². The fraction of sp³-hybridized carbons (Fsp3) is 0.571. The molecule has 0 radical (unpaired) electrons. The van der Waals surface area contributed by atoms with Crippen LogP contribution in [-0.4, -0.2) is 34.8 Å². The van der Waals surface area contributed by atoms with Gasteiger partial charge in [-0.3, -0.25) is 9.48 Å². The minimum Gasteiger partial charge on any atom is -0.348 e. The Balaban J connectivity index is 1.95. The highest BCUT2D eigenvalue weighted by molar-refractivity contribution is 5.92. The first-order valence-corrected chi connectivity index (χ1v) is 6.88. The summed E-state index contributed by atoms with van der Waals surface area (Å²) in [5.74, 6) is -0.114. The maximum Gasteiger partial charge on any atom is 0.271 e.